The highest BCUT2D eigenvalue weighted by Crippen LogP contribution is 2.19. The van der Waals surface area contributed by atoms with E-state index in [1.54, 1.807) is 6.07 Å². The first kappa shape index (κ1) is 19.8. The molecule has 0 saturated heterocycles. The Hall–Kier alpha value is -2.53. The molecule has 0 radical (unpaired) electrons. The molecule has 0 aliphatic heterocycles. The van der Waals surface area contributed by atoms with E-state index in [0.29, 0.717) is 17.4 Å². The van der Waals surface area contributed by atoms with Crippen molar-refractivity contribution >= 4 is 23.5 Å². The lowest BCUT2D eigenvalue weighted by Gasteiger charge is -2.13. The molecule has 5 nitrogen and oxygen atoms in total. The Kier molecular flexibility index (Phi) is 7.48. The number of benzene rings is 2. The van der Waals surface area contributed by atoms with Crippen LogP contribution in [0.15, 0.2) is 48.5 Å². The molecule has 0 heterocycles. The molecule has 0 atom stereocenters. The SMILES string of the molecule is COC(=O)C(Cc1cccc(OCCc2ccc(Cl)cc2)c1)C(=O)OC. The Morgan fingerprint density at radius 3 is 2.23 bits per heavy atom. The van der Waals surface area contributed by atoms with Crippen molar-refractivity contribution in [3.8, 4) is 5.75 Å². The van der Waals surface area contributed by atoms with Gasteiger partial charge in [-0.15, -0.1) is 0 Å². The molecule has 0 spiro atoms. The van der Waals surface area contributed by atoms with E-state index in [2.05, 4.69) is 9.47 Å². The molecule has 2 aromatic carbocycles. The van der Waals surface area contributed by atoms with E-state index in [1.165, 1.54) is 14.2 Å². The lowest BCUT2D eigenvalue weighted by Crippen LogP contribution is -2.28. The van der Waals surface area contributed by atoms with Crippen LogP contribution in [0.2, 0.25) is 5.02 Å². The zero-order chi connectivity index (χ0) is 18.9. The maximum absolute atomic E-state index is 11.8. The Labute approximate surface area is 157 Å². The summed E-state index contributed by atoms with van der Waals surface area (Å²) < 4.78 is 15.1. The molecule has 26 heavy (non-hydrogen) atoms. The molecule has 0 N–H and O–H groups in total. The van der Waals surface area contributed by atoms with Crippen LogP contribution in [0.1, 0.15) is 11.1 Å². The third kappa shape index (κ3) is 5.77. The van der Waals surface area contributed by atoms with Crippen LogP contribution in [-0.4, -0.2) is 32.8 Å². The zero-order valence-electron chi connectivity index (χ0n) is 14.7. The van der Waals surface area contributed by atoms with Gasteiger partial charge >= 0.3 is 11.9 Å². The van der Waals surface area contributed by atoms with Crippen LogP contribution in [0.4, 0.5) is 0 Å². The van der Waals surface area contributed by atoms with Crippen molar-refractivity contribution in [1.82, 2.24) is 0 Å². The topological polar surface area (TPSA) is 61.8 Å². The van der Waals surface area contributed by atoms with Crippen molar-refractivity contribution in [2.45, 2.75) is 12.8 Å². The molecular formula is C20H21ClO5. The fourth-order valence-electron chi connectivity index (χ4n) is 2.48. The first-order chi connectivity index (χ1) is 12.5. The summed E-state index contributed by atoms with van der Waals surface area (Å²) in [4.78, 5) is 23.6. The van der Waals surface area contributed by atoms with Crippen LogP contribution < -0.4 is 4.74 Å². The first-order valence-corrected chi connectivity index (χ1v) is 8.53. The number of carbonyl (C=O) groups is 2. The Morgan fingerprint density at radius 1 is 0.962 bits per heavy atom. The average Bonchev–Trinajstić information content (AvgIpc) is 2.67. The fourth-order valence-corrected chi connectivity index (χ4v) is 2.61. The molecule has 0 aliphatic carbocycles. The van der Waals surface area contributed by atoms with Gasteiger partial charge in [-0.25, -0.2) is 0 Å². The van der Waals surface area contributed by atoms with Gasteiger partial charge in [0.1, 0.15) is 5.75 Å². The van der Waals surface area contributed by atoms with Gasteiger partial charge in [-0.05, 0) is 41.8 Å². The van der Waals surface area contributed by atoms with Gasteiger partial charge in [-0.2, -0.15) is 0 Å². The highest BCUT2D eigenvalue weighted by molar-refractivity contribution is 6.30. The predicted octanol–water partition coefficient (Wildman–Crippen LogP) is 3.47. The number of halogens is 1. The summed E-state index contributed by atoms with van der Waals surface area (Å²) in [5.41, 5.74) is 1.91. The van der Waals surface area contributed by atoms with E-state index >= 15 is 0 Å². The number of ether oxygens (including phenoxy) is 3. The summed E-state index contributed by atoms with van der Waals surface area (Å²) in [6, 6.07) is 14.9. The van der Waals surface area contributed by atoms with Crippen molar-refractivity contribution in [2.24, 2.45) is 5.92 Å². The minimum absolute atomic E-state index is 0.188. The first-order valence-electron chi connectivity index (χ1n) is 8.15. The maximum atomic E-state index is 11.8. The molecule has 0 unspecified atom stereocenters. The Balaban J connectivity index is 1.96. The molecule has 0 saturated carbocycles. The summed E-state index contributed by atoms with van der Waals surface area (Å²) in [7, 11) is 2.49. The van der Waals surface area contributed by atoms with Gasteiger partial charge in [-0.1, -0.05) is 35.9 Å². The number of methoxy groups -OCH3 is 2. The van der Waals surface area contributed by atoms with Gasteiger partial charge in [0.05, 0.1) is 20.8 Å². The zero-order valence-corrected chi connectivity index (χ0v) is 15.5. The normalized spacial score (nSPS) is 10.5. The van der Waals surface area contributed by atoms with Gasteiger partial charge in [-0.3, -0.25) is 9.59 Å². The smallest absolute Gasteiger partial charge is 0.320 e. The summed E-state index contributed by atoms with van der Waals surface area (Å²) >= 11 is 5.87. The van der Waals surface area contributed by atoms with Gasteiger partial charge in [0.25, 0.3) is 0 Å². The molecule has 6 heteroatoms. The summed E-state index contributed by atoms with van der Waals surface area (Å²) in [6.45, 7) is 0.502. The van der Waals surface area contributed by atoms with Gasteiger partial charge in [0.2, 0.25) is 0 Å². The molecule has 2 rings (SSSR count). The van der Waals surface area contributed by atoms with E-state index in [0.717, 1.165) is 17.5 Å². The molecule has 0 bridgehead atoms. The van der Waals surface area contributed by atoms with E-state index in [1.807, 2.05) is 42.5 Å². The predicted molar refractivity (Wildman–Crippen MR) is 98.3 cm³/mol. The standard InChI is InChI=1S/C20H21ClO5/c1-24-19(22)18(20(23)25-2)13-15-4-3-5-17(12-15)26-11-10-14-6-8-16(21)9-7-14/h3-9,12,18H,10-11,13H2,1-2H3. The minimum Gasteiger partial charge on any atom is -0.493 e. The maximum Gasteiger partial charge on any atom is 0.320 e. The van der Waals surface area contributed by atoms with Crippen LogP contribution in [-0.2, 0) is 31.9 Å². The molecule has 138 valence electrons. The van der Waals surface area contributed by atoms with Gasteiger partial charge in [0, 0.05) is 11.4 Å². The lowest BCUT2D eigenvalue weighted by molar-refractivity contribution is -0.158. The van der Waals surface area contributed by atoms with E-state index < -0.39 is 17.9 Å². The Bertz CT molecular complexity index is 726. The monoisotopic (exact) mass is 376 g/mol. The third-order valence-corrected chi connectivity index (χ3v) is 4.13. The number of carbonyl (C=O) groups excluding carboxylic acids is 2. The second-order valence-electron chi connectivity index (χ2n) is 5.68. The van der Waals surface area contributed by atoms with Crippen LogP contribution >= 0.6 is 11.6 Å². The minimum atomic E-state index is -0.991. The average molecular weight is 377 g/mol. The van der Waals surface area contributed by atoms with E-state index in [4.69, 9.17) is 16.3 Å². The molecule has 0 aliphatic rings. The highest BCUT2D eigenvalue weighted by atomic mass is 35.5. The number of esters is 2. The van der Waals surface area contributed by atoms with Crippen LogP contribution in [0.3, 0.4) is 0 Å². The number of rotatable bonds is 8. The molecular weight excluding hydrogens is 356 g/mol. The van der Waals surface area contributed by atoms with Crippen molar-refractivity contribution < 1.29 is 23.8 Å². The van der Waals surface area contributed by atoms with Crippen molar-refractivity contribution in [3.05, 3.63) is 64.7 Å². The molecule has 2 aromatic rings. The van der Waals surface area contributed by atoms with Crippen LogP contribution in [0, 0.1) is 5.92 Å². The van der Waals surface area contributed by atoms with Crippen molar-refractivity contribution in [2.75, 3.05) is 20.8 Å². The van der Waals surface area contributed by atoms with Crippen molar-refractivity contribution in [1.29, 1.82) is 0 Å². The number of hydrogen-bond acceptors (Lipinski definition) is 5. The summed E-state index contributed by atoms with van der Waals surface area (Å²) in [5.74, 6) is -1.56. The van der Waals surface area contributed by atoms with Crippen LogP contribution in [0.5, 0.6) is 5.75 Å². The largest absolute Gasteiger partial charge is 0.493 e. The summed E-state index contributed by atoms with van der Waals surface area (Å²) in [5, 5.41) is 0.702. The van der Waals surface area contributed by atoms with Crippen LogP contribution in [0.25, 0.3) is 0 Å². The van der Waals surface area contributed by atoms with Gasteiger partial charge < -0.3 is 14.2 Å². The van der Waals surface area contributed by atoms with Crippen molar-refractivity contribution in [3.63, 3.8) is 0 Å². The second kappa shape index (κ2) is 9.82. The molecule has 0 amide bonds. The molecule has 0 fully saturated rings. The number of hydrogen-bond donors (Lipinski definition) is 0. The van der Waals surface area contributed by atoms with Gasteiger partial charge in [0.15, 0.2) is 5.92 Å². The Morgan fingerprint density at radius 2 is 1.62 bits per heavy atom. The molecule has 0 aromatic heterocycles. The summed E-state index contributed by atoms with van der Waals surface area (Å²) in [6.07, 6.45) is 0.933. The van der Waals surface area contributed by atoms with E-state index in [-0.39, 0.29) is 6.42 Å². The fraction of sp³-hybridized carbons (Fsp3) is 0.300. The lowest BCUT2D eigenvalue weighted by atomic mass is 9.99. The second-order valence-corrected chi connectivity index (χ2v) is 6.11. The highest BCUT2D eigenvalue weighted by Gasteiger charge is 2.28. The quantitative estimate of drug-likeness (QED) is 0.521. The van der Waals surface area contributed by atoms with E-state index in [9.17, 15) is 9.59 Å². The third-order valence-electron chi connectivity index (χ3n) is 3.88.